The Morgan fingerprint density at radius 3 is 2.50 bits per heavy atom. The number of aryl methyl sites for hydroxylation is 1. The van der Waals surface area contributed by atoms with Crippen LogP contribution in [0.1, 0.15) is 31.9 Å². The molecule has 0 fully saturated rings. The lowest BCUT2D eigenvalue weighted by Crippen LogP contribution is -2.19. The van der Waals surface area contributed by atoms with Gasteiger partial charge in [0.05, 0.1) is 5.52 Å². The van der Waals surface area contributed by atoms with Crippen LogP contribution in [0.15, 0.2) is 18.2 Å². The van der Waals surface area contributed by atoms with Gasteiger partial charge in [0, 0.05) is 10.9 Å². The molecule has 0 aliphatic heterocycles. The van der Waals surface area contributed by atoms with Gasteiger partial charge in [-0.25, -0.2) is 15.2 Å². The Morgan fingerprint density at radius 1 is 1.28 bits per heavy atom. The third kappa shape index (κ3) is 2.04. The smallest absolute Gasteiger partial charge is 0.144 e. The van der Waals surface area contributed by atoms with E-state index in [1.54, 1.807) is 6.07 Å². The number of nitrogens with zero attached hydrogens (tertiary/aromatic N) is 1. The number of nitrogen functional groups attached to an aromatic ring is 1. The first-order valence-electron chi connectivity index (χ1n) is 5.91. The van der Waals surface area contributed by atoms with Crippen molar-refractivity contribution in [2.45, 2.75) is 33.1 Å². The second-order valence-corrected chi connectivity index (χ2v) is 5.54. The Bertz CT molecular complexity index is 600. The summed E-state index contributed by atoms with van der Waals surface area (Å²) in [6, 6.07) is 5.03. The maximum Gasteiger partial charge on any atom is 0.144 e. The lowest BCUT2D eigenvalue weighted by molar-refractivity contribution is 0.589. The summed E-state index contributed by atoms with van der Waals surface area (Å²) in [4.78, 5) is 4.44. The maximum atomic E-state index is 13.9. The van der Waals surface area contributed by atoms with Gasteiger partial charge in [-0.15, -0.1) is 0 Å². The van der Waals surface area contributed by atoms with Crippen molar-refractivity contribution in [2.24, 2.45) is 5.84 Å². The number of rotatable bonds is 1. The number of nitrogens with two attached hydrogens (primary N) is 1. The molecule has 1 heterocycles. The van der Waals surface area contributed by atoms with E-state index < -0.39 is 0 Å². The minimum atomic E-state index is -0.253. The van der Waals surface area contributed by atoms with Crippen LogP contribution in [0.3, 0.4) is 0 Å². The van der Waals surface area contributed by atoms with E-state index in [-0.39, 0.29) is 11.2 Å². The van der Waals surface area contributed by atoms with E-state index in [1.807, 2.05) is 33.8 Å². The van der Waals surface area contributed by atoms with E-state index in [2.05, 4.69) is 10.4 Å². The predicted molar refractivity (Wildman–Crippen MR) is 72.9 cm³/mol. The van der Waals surface area contributed by atoms with Crippen LogP contribution in [0.5, 0.6) is 0 Å². The highest BCUT2D eigenvalue weighted by molar-refractivity contribution is 5.85. The van der Waals surface area contributed by atoms with Gasteiger partial charge in [0.25, 0.3) is 0 Å². The highest BCUT2D eigenvalue weighted by Gasteiger charge is 2.21. The zero-order valence-electron chi connectivity index (χ0n) is 11.1. The fourth-order valence-electron chi connectivity index (χ4n) is 2.04. The number of hydrogen-bond donors (Lipinski definition) is 2. The van der Waals surface area contributed by atoms with Gasteiger partial charge in [-0.2, -0.15) is 0 Å². The van der Waals surface area contributed by atoms with Crippen molar-refractivity contribution in [3.8, 4) is 0 Å². The first kappa shape index (κ1) is 12.8. The van der Waals surface area contributed by atoms with Crippen molar-refractivity contribution in [3.63, 3.8) is 0 Å². The Labute approximate surface area is 106 Å². The summed E-state index contributed by atoms with van der Waals surface area (Å²) in [5.41, 5.74) is 4.94. The van der Waals surface area contributed by atoms with Crippen molar-refractivity contribution in [1.29, 1.82) is 0 Å². The van der Waals surface area contributed by atoms with E-state index >= 15 is 0 Å². The molecule has 0 amide bonds. The summed E-state index contributed by atoms with van der Waals surface area (Å²) in [7, 11) is 0. The van der Waals surface area contributed by atoms with Gasteiger partial charge in [-0.05, 0) is 30.0 Å². The zero-order valence-corrected chi connectivity index (χ0v) is 11.1. The van der Waals surface area contributed by atoms with Gasteiger partial charge in [0.1, 0.15) is 11.6 Å². The number of hydrazine groups is 1. The van der Waals surface area contributed by atoms with E-state index in [1.165, 1.54) is 6.07 Å². The molecule has 4 heteroatoms. The second kappa shape index (κ2) is 4.21. The number of anilines is 1. The molecular weight excluding hydrogens is 229 g/mol. The molecule has 0 bridgehead atoms. The Hall–Kier alpha value is -1.68. The largest absolute Gasteiger partial charge is 0.308 e. The molecule has 0 aliphatic rings. The van der Waals surface area contributed by atoms with Crippen LogP contribution < -0.4 is 11.3 Å². The standard InChI is InChI=1S/C14H18FN3/c1-8-5-6-11(15)9-7-10(14(2,3)4)13(18-16)17-12(8)9/h5-7H,16H2,1-4H3,(H,17,18). The number of nitrogens with one attached hydrogen (secondary N) is 1. The molecule has 0 atom stereocenters. The molecule has 0 radical (unpaired) electrons. The average Bonchev–Trinajstić information content (AvgIpc) is 2.31. The van der Waals surface area contributed by atoms with Crippen molar-refractivity contribution in [2.75, 3.05) is 5.43 Å². The molecule has 18 heavy (non-hydrogen) atoms. The van der Waals surface area contributed by atoms with Gasteiger partial charge in [-0.3, -0.25) is 0 Å². The molecule has 3 N–H and O–H groups in total. The van der Waals surface area contributed by atoms with E-state index in [0.717, 1.165) is 11.1 Å². The van der Waals surface area contributed by atoms with Crippen LogP contribution in [0, 0.1) is 12.7 Å². The van der Waals surface area contributed by atoms with Gasteiger partial charge >= 0.3 is 0 Å². The summed E-state index contributed by atoms with van der Waals surface area (Å²) in [5.74, 6) is 5.87. The zero-order chi connectivity index (χ0) is 13.5. The normalized spacial score (nSPS) is 11.9. The van der Waals surface area contributed by atoms with Crippen molar-refractivity contribution < 1.29 is 4.39 Å². The molecular formula is C14H18FN3. The second-order valence-electron chi connectivity index (χ2n) is 5.54. The number of aromatic nitrogens is 1. The van der Waals surface area contributed by atoms with Crippen molar-refractivity contribution >= 4 is 16.7 Å². The quantitative estimate of drug-likeness (QED) is 0.600. The third-order valence-corrected chi connectivity index (χ3v) is 3.08. The van der Waals surface area contributed by atoms with Crippen LogP contribution in [0.25, 0.3) is 10.9 Å². The van der Waals surface area contributed by atoms with Crippen LogP contribution in [0.2, 0.25) is 0 Å². The molecule has 2 rings (SSSR count). The SMILES string of the molecule is Cc1ccc(F)c2cc(C(C)(C)C)c(NN)nc12. The molecule has 3 nitrogen and oxygen atoms in total. The Kier molecular flexibility index (Phi) is 2.99. The third-order valence-electron chi connectivity index (χ3n) is 3.08. The fraction of sp³-hybridized carbons (Fsp3) is 0.357. The minimum absolute atomic E-state index is 0.154. The maximum absolute atomic E-state index is 13.9. The number of fused-ring (bicyclic) bond motifs is 1. The Morgan fingerprint density at radius 2 is 1.94 bits per heavy atom. The van der Waals surface area contributed by atoms with Crippen LogP contribution in [0.4, 0.5) is 10.2 Å². The average molecular weight is 247 g/mol. The number of hydrogen-bond acceptors (Lipinski definition) is 3. The molecule has 0 saturated carbocycles. The molecule has 0 aliphatic carbocycles. The van der Waals surface area contributed by atoms with Crippen LogP contribution >= 0.6 is 0 Å². The molecule has 0 saturated heterocycles. The molecule has 0 unspecified atom stereocenters. The fourth-order valence-corrected chi connectivity index (χ4v) is 2.04. The van der Waals surface area contributed by atoms with Crippen LogP contribution in [-0.2, 0) is 5.41 Å². The van der Waals surface area contributed by atoms with Crippen molar-refractivity contribution in [1.82, 2.24) is 4.98 Å². The monoisotopic (exact) mass is 247 g/mol. The summed E-state index contributed by atoms with van der Waals surface area (Å²) in [6.07, 6.45) is 0. The summed E-state index contributed by atoms with van der Waals surface area (Å²) < 4.78 is 13.9. The molecule has 0 spiro atoms. The van der Waals surface area contributed by atoms with Crippen molar-refractivity contribution in [3.05, 3.63) is 35.1 Å². The first-order valence-corrected chi connectivity index (χ1v) is 5.91. The number of halogens is 1. The van der Waals surface area contributed by atoms with Gasteiger partial charge < -0.3 is 5.43 Å². The molecule has 1 aromatic carbocycles. The van der Waals surface area contributed by atoms with Gasteiger partial charge in [0.2, 0.25) is 0 Å². The molecule has 2 aromatic rings. The molecule has 1 aromatic heterocycles. The lowest BCUT2D eigenvalue weighted by atomic mass is 9.86. The van der Waals surface area contributed by atoms with E-state index in [4.69, 9.17) is 5.84 Å². The summed E-state index contributed by atoms with van der Waals surface area (Å²) in [6.45, 7) is 8.05. The number of pyridine rings is 1. The summed E-state index contributed by atoms with van der Waals surface area (Å²) in [5, 5.41) is 0.541. The highest BCUT2D eigenvalue weighted by atomic mass is 19.1. The van der Waals surface area contributed by atoms with E-state index in [0.29, 0.717) is 16.7 Å². The minimum Gasteiger partial charge on any atom is -0.308 e. The highest BCUT2D eigenvalue weighted by Crippen LogP contribution is 2.32. The molecule has 96 valence electrons. The van der Waals surface area contributed by atoms with Gasteiger partial charge in [-0.1, -0.05) is 26.8 Å². The van der Waals surface area contributed by atoms with Crippen LogP contribution in [-0.4, -0.2) is 4.98 Å². The first-order chi connectivity index (χ1) is 8.34. The van der Waals surface area contributed by atoms with E-state index in [9.17, 15) is 4.39 Å². The topological polar surface area (TPSA) is 50.9 Å². The predicted octanol–water partition coefficient (Wildman–Crippen LogP) is 3.27. The number of benzene rings is 1. The van der Waals surface area contributed by atoms with Gasteiger partial charge in [0.15, 0.2) is 0 Å². The Balaban J connectivity index is 2.86. The lowest BCUT2D eigenvalue weighted by Gasteiger charge is -2.22. The summed E-state index contributed by atoms with van der Waals surface area (Å²) >= 11 is 0.